The van der Waals surface area contributed by atoms with Crippen molar-refractivity contribution in [3.63, 3.8) is 0 Å². The van der Waals surface area contributed by atoms with E-state index >= 15 is 0 Å². The predicted octanol–water partition coefficient (Wildman–Crippen LogP) is 7.61. The van der Waals surface area contributed by atoms with Gasteiger partial charge in [0.2, 0.25) is 0 Å². The van der Waals surface area contributed by atoms with E-state index in [-0.39, 0.29) is 30.1 Å². The molecule has 0 aromatic heterocycles. The van der Waals surface area contributed by atoms with Crippen LogP contribution in [-0.4, -0.2) is 29.8 Å². The molecule has 0 radical (unpaired) electrons. The topological polar surface area (TPSA) is 20.3 Å². The van der Waals surface area contributed by atoms with Crippen molar-refractivity contribution in [2.24, 2.45) is 17.8 Å². The second kappa shape index (κ2) is 10.1. The third kappa shape index (κ3) is 5.92. The molecule has 1 heterocycles. The molecule has 0 N–H and O–H groups in total. The fourth-order valence-corrected chi connectivity index (χ4v) is 6.72. The normalized spacial score (nSPS) is 28.2. The highest BCUT2D eigenvalue weighted by Crippen LogP contribution is 2.54. The monoisotopic (exact) mass is 519 g/mol. The zero-order valence-corrected chi connectivity index (χ0v) is 21.1. The number of rotatable bonds is 8. The molecule has 200 valence electrons. The molecule has 2 aromatic carbocycles. The van der Waals surface area contributed by atoms with Crippen LogP contribution < -0.4 is 0 Å². The summed E-state index contributed by atoms with van der Waals surface area (Å²) in [7, 11) is 0. The molecule has 1 unspecified atom stereocenters. The van der Waals surface area contributed by atoms with Crippen LogP contribution in [0.4, 0.5) is 22.0 Å². The number of ketones is 1. The number of fused-ring (bicyclic) bond motifs is 1. The quantitative estimate of drug-likeness (QED) is 0.335. The smallest absolute Gasteiger partial charge is 0.300 e. The van der Waals surface area contributed by atoms with Crippen LogP contribution in [-0.2, 0) is 23.3 Å². The van der Waals surface area contributed by atoms with E-state index in [9.17, 15) is 26.7 Å². The Kier molecular flexibility index (Phi) is 7.20. The maximum absolute atomic E-state index is 13.7. The summed E-state index contributed by atoms with van der Waals surface area (Å²) < 4.78 is 67.0. The number of carbonyl (C=O) groups excluding carboxylic acids is 1. The largest absolute Gasteiger partial charge is 0.416 e. The maximum atomic E-state index is 13.7. The van der Waals surface area contributed by atoms with Crippen molar-refractivity contribution in [3.05, 3.63) is 70.8 Å². The van der Waals surface area contributed by atoms with Gasteiger partial charge in [-0.25, -0.2) is 8.78 Å². The Morgan fingerprint density at radius 3 is 2.11 bits per heavy atom. The number of carbonyl (C=O) groups is 1. The summed E-state index contributed by atoms with van der Waals surface area (Å²) in [6.07, 6.45) is 0.919. The number of aryl methyl sites for hydroxylation is 1. The van der Waals surface area contributed by atoms with Crippen molar-refractivity contribution in [3.8, 4) is 0 Å². The van der Waals surface area contributed by atoms with Gasteiger partial charge >= 0.3 is 6.18 Å². The Balaban J connectivity index is 1.08. The van der Waals surface area contributed by atoms with Crippen LogP contribution in [0.25, 0.3) is 0 Å². The summed E-state index contributed by atoms with van der Waals surface area (Å²) in [6.45, 7) is 2.52. The molecule has 5 rings (SSSR count). The van der Waals surface area contributed by atoms with Gasteiger partial charge in [-0.1, -0.05) is 30.3 Å². The van der Waals surface area contributed by atoms with Crippen LogP contribution in [0.3, 0.4) is 0 Å². The fraction of sp³-hybridized carbons (Fsp3) is 0.567. The molecule has 2 aliphatic carbocycles. The number of hydrogen-bond acceptors (Lipinski definition) is 2. The average Bonchev–Trinajstić information content (AvgIpc) is 3.37. The molecule has 3 fully saturated rings. The summed E-state index contributed by atoms with van der Waals surface area (Å²) in [5, 5.41) is 0. The molecule has 2 aromatic rings. The van der Waals surface area contributed by atoms with Crippen LogP contribution in [0.5, 0.6) is 0 Å². The molecular weight excluding hydrogens is 485 g/mol. The molecule has 1 aliphatic heterocycles. The first-order valence-corrected chi connectivity index (χ1v) is 13.4. The van der Waals surface area contributed by atoms with Gasteiger partial charge in [0.1, 0.15) is 5.78 Å². The molecule has 3 aliphatic rings. The molecule has 37 heavy (non-hydrogen) atoms. The van der Waals surface area contributed by atoms with E-state index in [2.05, 4.69) is 35.2 Å². The highest BCUT2D eigenvalue weighted by Gasteiger charge is 2.59. The molecule has 1 saturated heterocycles. The first-order chi connectivity index (χ1) is 17.5. The lowest BCUT2D eigenvalue weighted by molar-refractivity contribution is -0.137. The van der Waals surface area contributed by atoms with Crippen LogP contribution in [0.1, 0.15) is 73.6 Å². The van der Waals surface area contributed by atoms with E-state index in [1.807, 2.05) is 0 Å². The van der Waals surface area contributed by atoms with Gasteiger partial charge in [0.05, 0.1) is 5.56 Å². The summed E-state index contributed by atoms with van der Waals surface area (Å²) in [5.74, 6) is -1.68. The summed E-state index contributed by atoms with van der Waals surface area (Å²) >= 11 is 0. The summed E-state index contributed by atoms with van der Waals surface area (Å²) in [5.41, 5.74) is -0.0752. The molecule has 0 bridgehead atoms. The minimum absolute atomic E-state index is 0.0638. The molecule has 0 spiro atoms. The van der Waals surface area contributed by atoms with Crippen LogP contribution in [0.15, 0.2) is 48.5 Å². The van der Waals surface area contributed by atoms with Crippen molar-refractivity contribution in [2.45, 2.75) is 75.9 Å². The first kappa shape index (κ1) is 26.3. The van der Waals surface area contributed by atoms with Gasteiger partial charge in [-0.2, -0.15) is 13.2 Å². The van der Waals surface area contributed by atoms with Crippen molar-refractivity contribution in [1.82, 2.24) is 4.90 Å². The van der Waals surface area contributed by atoms with Gasteiger partial charge in [0.25, 0.3) is 5.92 Å². The lowest BCUT2D eigenvalue weighted by atomic mass is 9.81. The first-order valence-electron chi connectivity index (χ1n) is 13.4. The predicted molar refractivity (Wildman–Crippen MR) is 132 cm³/mol. The highest BCUT2D eigenvalue weighted by atomic mass is 19.4. The molecule has 2 saturated carbocycles. The number of benzene rings is 2. The number of hydrogen-bond donors (Lipinski definition) is 0. The third-order valence-electron chi connectivity index (χ3n) is 8.79. The second-order valence-electron chi connectivity index (χ2n) is 11.3. The van der Waals surface area contributed by atoms with Gasteiger partial charge in [0.15, 0.2) is 0 Å². The Labute approximate surface area is 215 Å². The van der Waals surface area contributed by atoms with Gasteiger partial charge < -0.3 is 0 Å². The number of likely N-dealkylation sites (tertiary alicyclic amines) is 1. The van der Waals surface area contributed by atoms with E-state index in [0.29, 0.717) is 43.2 Å². The Morgan fingerprint density at radius 2 is 1.51 bits per heavy atom. The van der Waals surface area contributed by atoms with Gasteiger partial charge in [-0.3, -0.25) is 9.69 Å². The highest BCUT2D eigenvalue weighted by molar-refractivity contribution is 5.84. The van der Waals surface area contributed by atoms with Gasteiger partial charge in [-0.05, 0) is 85.6 Å². The number of alkyl halides is 5. The second-order valence-corrected chi connectivity index (χ2v) is 11.3. The molecule has 7 heteroatoms. The van der Waals surface area contributed by atoms with Crippen LogP contribution in [0.2, 0.25) is 0 Å². The molecule has 0 amide bonds. The number of piperidine rings is 1. The minimum atomic E-state index is -4.69. The molecule has 2 nitrogen and oxygen atoms in total. The number of nitrogens with zero attached hydrogens (tertiary/aromatic N) is 1. The van der Waals surface area contributed by atoms with E-state index < -0.39 is 23.2 Å². The minimum Gasteiger partial charge on any atom is -0.300 e. The van der Waals surface area contributed by atoms with Crippen molar-refractivity contribution >= 4 is 5.78 Å². The van der Waals surface area contributed by atoms with E-state index in [1.165, 1.54) is 31.2 Å². The average molecular weight is 520 g/mol. The lowest BCUT2D eigenvalue weighted by Crippen LogP contribution is -2.38. The standard InChI is InChI=1S/C30H34F5NO/c1-29(31,32)22-14-19(15-23(16-22)30(33,34)35)6-5-9-27(37)28-25-17-36(18-26(25)28)24-12-10-21(11-13-24)20-7-3-2-4-8-20/h2-4,7-8,14-16,21,24-26,28H,5-6,9-13,17-18H2,1H3/t21?,24?,25-,26+,28?. The zero-order valence-electron chi connectivity index (χ0n) is 21.1. The third-order valence-corrected chi connectivity index (χ3v) is 8.79. The van der Waals surface area contributed by atoms with E-state index in [0.717, 1.165) is 25.2 Å². The van der Waals surface area contributed by atoms with Crippen molar-refractivity contribution < 1.29 is 26.7 Å². The zero-order chi connectivity index (χ0) is 26.4. The molecular formula is C30H34F5NO. The van der Waals surface area contributed by atoms with E-state index in [4.69, 9.17) is 0 Å². The Morgan fingerprint density at radius 1 is 0.892 bits per heavy atom. The summed E-state index contributed by atoms with van der Waals surface area (Å²) in [4.78, 5) is 15.4. The number of halogens is 5. The van der Waals surface area contributed by atoms with Crippen molar-refractivity contribution in [2.75, 3.05) is 13.1 Å². The SMILES string of the molecule is CC(F)(F)c1cc(CCCC(=O)C2[C@H]3CN(C4CCC(c5ccccc5)CC4)C[C@@H]23)cc(C(F)(F)F)c1. The lowest BCUT2D eigenvalue weighted by Gasteiger charge is -2.36. The van der Waals surface area contributed by atoms with E-state index in [1.54, 1.807) is 0 Å². The number of Topliss-reactive ketones (excluding diaryl/α,β-unsaturated/α-hetero) is 1. The fourth-order valence-electron chi connectivity index (χ4n) is 6.72. The maximum Gasteiger partial charge on any atom is 0.416 e. The van der Waals surface area contributed by atoms with Crippen LogP contribution >= 0.6 is 0 Å². The summed E-state index contributed by atoms with van der Waals surface area (Å²) in [6, 6.07) is 13.9. The molecule has 3 atom stereocenters. The Bertz CT molecular complexity index is 1060. The van der Waals surface area contributed by atoms with Crippen LogP contribution in [0, 0.1) is 17.8 Å². The van der Waals surface area contributed by atoms with Gasteiger partial charge in [-0.15, -0.1) is 0 Å². The van der Waals surface area contributed by atoms with Crippen molar-refractivity contribution in [1.29, 1.82) is 0 Å². The Hall–Kier alpha value is -2.28. The van der Waals surface area contributed by atoms with Gasteiger partial charge in [0, 0.05) is 44.0 Å².